The monoisotopic (exact) mass is 856 g/mol. The first-order valence-electron chi connectivity index (χ1n) is 21.5. The maximum Gasteiger partial charge on any atom is 0.323 e. The molecule has 8 aromatic rings. The fraction of sp³-hybridized carbons (Fsp3) is 0.255. The van der Waals surface area contributed by atoms with E-state index in [2.05, 4.69) is 41.6 Å². The van der Waals surface area contributed by atoms with Gasteiger partial charge in [-0.2, -0.15) is 0 Å². The second-order valence-corrected chi connectivity index (χ2v) is 16.2. The van der Waals surface area contributed by atoms with Gasteiger partial charge in [0.2, 0.25) is 0 Å². The molecule has 0 aliphatic carbocycles. The SMILES string of the molecule is Nc1ccc(-c2nc(N3C[C@H]4CC[C@@H](C3)O4)c3cccn3n2)cc1.Nc1cccnc1.O=C(Nc1ccc(-c2nc(N3C[C@H]4CC[C@@H](C3)O4)c3cccn3n2)cc1)Nc1cccnc1. The van der Waals surface area contributed by atoms with E-state index >= 15 is 0 Å². The third-order valence-corrected chi connectivity index (χ3v) is 11.6. The first kappa shape index (κ1) is 40.4. The van der Waals surface area contributed by atoms with Crippen LogP contribution in [0.5, 0.6) is 0 Å². The minimum atomic E-state index is -0.329. The van der Waals surface area contributed by atoms with Crippen LogP contribution in [0.25, 0.3) is 33.8 Å². The number of hydrogen-bond donors (Lipinski definition) is 4. The van der Waals surface area contributed by atoms with Crippen molar-refractivity contribution in [3.05, 3.63) is 134 Å². The second kappa shape index (κ2) is 18.0. The lowest BCUT2D eigenvalue weighted by molar-refractivity contribution is 0.0301. The van der Waals surface area contributed by atoms with Crippen molar-refractivity contribution in [3.8, 4) is 22.8 Å². The molecular formula is C47H48N14O3. The molecule has 4 fully saturated rings. The number of nitrogens with two attached hydrogens (primary N) is 2. The number of rotatable bonds is 6. The summed E-state index contributed by atoms with van der Waals surface area (Å²) in [6.07, 6.45) is 16.2. The summed E-state index contributed by atoms with van der Waals surface area (Å²) in [6.45, 7) is 3.50. The summed E-state index contributed by atoms with van der Waals surface area (Å²) in [5, 5.41) is 14.9. The van der Waals surface area contributed by atoms with E-state index in [1.807, 2.05) is 88.2 Å². The van der Waals surface area contributed by atoms with Crippen LogP contribution in [0.4, 0.5) is 39.2 Å². The van der Waals surface area contributed by atoms with Crippen molar-refractivity contribution < 1.29 is 14.3 Å². The van der Waals surface area contributed by atoms with E-state index < -0.39 is 0 Å². The van der Waals surface area contributed by atoms with Gasteiger partial charge in [0.25, 0.3) is 0 Å². The number of nitrogen functional groups attached to an aromatic ring is 2. The van der Waals surface area contributed by atoms with Crippen LogP contribution in [0.15, 0.2) is 134 Å². The number of amides is 2. The number of morpholine rings is 2. The van der Waals surface area contributed by atoms with Gasteiger partial charge in [0, 0.05) is 79.7 Å². The zero-order valence-electron chi connectivity index (χ0n) is 35.0. The quantitative estimate of drug-likeness (QED) is 0.127. The summed E-state index contributed by atoms with van der Waals surface area (Å²) in [5.41, 5.74) is 17.7. The highest BCUT2D eigenvalue weighted by molar-refractivity contribution is 5.99. The first-order valence-corrected chi connectivity index (χ1v) is 21.5. The van der Waals surface area contributed by atoms with Crippen LogP contribution >= 0.6 is 0 Å². The molecule has 64 heavy (non-hydrogen) atoms. The Morgan fingerprint density at radius 2 is 1.03 bits per heavy atom. The Balaban J connectivity index is 0.000000136. The molecule has 0 spiro atoms. The summed E-state index contributed by atoms with van der Waals surface area (Å²) >= 11 is 0. The number of nitrogens with one attached hydrogen (secondary N) is 2. The van der Waals surface area contributed by atoms with Gasteiger partial charge in [-0.1, -0.05) is 0 Å². The maximum absolute atomic E-state index is 12.2. The number of ether oxygens (including phenoxy) is 2. The summed E-state index contributed by atoms with van der Waals surface area (Å²) in [5.74, 6) is 3.27. The van der Waals surface area contributed by atoms with E-state index in [9.17, 15) is 4.79 Å². The highest BCUT2D eigenvalue weighted by Gasteiger charge is 2.36. The smallest absolute Gasteiger partial charge is 0.323 e. The number of benzene rings is 2. The summed E-state index contributed by atoms with van der Waals surface area (Å²) in [6, 6.07) is 30.1. The molecule has 0 unspecified atom stereocenters. The van der Waals surface area contributed by atoms with E-state index in [0.29, 0.717) is 40.9 Å². The van der Waals surface area contributed by atoms with Gasteiger partial charge < -0.3 is 41.4 Å². The number of hydrogen-bond acceptors (Lipinski definition) is 13. The Hall–Kier alpha value is -7.63. The summed E-state index contributed by atoms with van der Waals surface area (Å²) < 4.78 is 15.8. The molecule has 10 heterocycles. The van der Waals surface area contributed by atoms with Gasteiger partial charge in [0.15, 0.2) is 23.3 Å². The number of carbonyl (C=O) groups is 1. The van der Waals surface area contributed by atoms with Crippen LogP contribution in [-0.4, -0.2) is 95.8 Å². The van der Waals surface area contributed by atoms with Crippen molar-refractivity contribution in [1.82, 2.24) is 39.2 Å². The molecule has 4 atom stereocenters. The number of anilines is 6. The number of carbonyl (C=O) groups excluding carboxylic acids is 1. The van der Waals surface area contributed by atoms with Crippen LogP contribution in [0, 0.1) is 0 Å². The van der Waals surface area contributed by atoms with E-state index in [1.54, 1.807) is 49.1 Å². The Morgan fingerprint density at radius 3 is 1.48 bits per heavy atom. The zero-order chi connectivity index (χ0) is 43.4. The van der Waals surface area contributed by atoms with Gasteiger partial charge in [-0.15, -0.1) is 10.2 Å². The number of pyridine rings is 2. The molecular weight excluding hydrogens is 809 g/mol. The van der Waals surface area contributed by atoms with Crippen LogP contribution in [0.2, 0.25) is 0 Å². The third kappa shape index (κ3) is 9.11. The molecule has 6 aromatic heterocycles. The Bertz CT molecular complexity index is 2810. The minimum Gasteiger partial charge on any atom is -0.399 e. The molecule has 2 aromatic carbocycles. The van der Waals surface area contributed by atoms with Gasteiger partial charge in [-0.05, 0) is 123 Å². The fourth-order valence-corrected chi connectivity index (χ4v) is 8.56. The number of nitrogens with zero attached hydrogens (tertiary/aromatic N) is 10. The van der Waals surface area contributed by atoms with E-state index in [0.717, 1.165) is 91.3 Å². The largest absolute Gasteiger partial charge is 0.399 e. The number of aromatic nitrogens is 8. The van der Waals surface area contributed by atoms with Crippen molar-refractivity contribution in [1.29, 1.82) is 0 Å². The van der Waals surface area contributed by atoms with E-state index in [4.69, 9.17) is 36.0 Å². The van der Waals surface area contributed by atoms with Crippen molar-refractivity contribution in [2.75, 3.05) is 58.1 Å². The van der Waals surface area contributed by atoms with Crippen LogP contribution < -0.4 is 31.9 Å². The lowest BCUT2D eigenvalue weighted by atomic mass is 10.2. The number of urea groups is 1. The fourth-order valence-electron chi connectivity index (χ4n) is 8.56. The normalized spacial score (nSPS) is 19.7. The van der Waals surface area contributed by atoms with Crippen molar-refractivity contribution in [2.45, 2.75) is 50.1 Å². The van der Waals surface area contributed by atoms with Crippen molar-refractivity contribution >= 4 is 51.4 Å². The molecule has 2 amide bonds. The average Bonchev–Trinajstić information content (AvgIpc) is 4.14. The number of fused-ring (bicyclic) bond motifs is 6. The van der Waals surface area contributed by atoms with E-state index in [1.165, 1.54) is 0 Å². The summed E-state index contributed by atoms with van der Waals surface area (Å²) in [7, 11) is 0. The lowest BCUT2D eigenvalue weighted by Crippen LogP contribution is -2.43. The van der Waals surface area contributed by atoms with Gasteiger partial charge in [-0.25, -0.2) is 23.8 Å². The molecule has 17 nitrogen and oxygen atoms in total. The minimum absolute atomic E-state index is 0.278. The summed E-state index contributed by atoms with van der Waals surface area (Å²) in [4.78, 5) is 34.5. The zero-order valence-corrected chi connectivity index (χ0v) is 35.0. The Labute approximate surface area is 369 Å². The van der Waals surface area contributed by atoms with Crippen LogP contribution in [0.1, 0.15) is 25.7 Å². The van der Waals surface area contributed by atoms with Crippen LogP contribution in [-0.2, 0) is 9.47 Å². The maximum atomic E-state index is 12.2. The van der Waals surface area contributed by atoms with Crippen molar-refractivity contribution in [3.63, 3.8) is 0 Å². The average molecular weight is 857 g/mol. The predicted octanol–water partition coefficient (Wildman–Crippen LogP) is 6.81. The van der Waals surface area contributed by atoms with Gasteiger partial charge >= 0.3 is 6.03 Å². The molecule has 17 heteroatoms. The highest BCUT2D eigenvalue weighted by atomic mass is 16.5. The lowest BCUT2D eigenvalue weighted by Gasteiger charge is -2.33. The highest BCUT2D eigenvalue weighted by Crippen LogP contribution is 2.34. The molecule has 4 saturated heterocycles. The Morgan fingerprint density at radius 1 is 0.547 bits per heavy atom. The molecule has 324 valence electrons. The standard InChI is InChI=1S/C24H23N7O2.C18H19N5O.C5H6N2/c32-24(27-18-3-1-11-25-13-18)26-17-7-5-16(6-8-17)22-28-23(21-4-2-12-31(21)29-22)30-14-19-9-10-20(15-30)33-19;19-13-5-3-12(4-6-13)17-20-18(16-2-1-9-23(16)21-17)22-10-14-7-8-15(11-22)24-14;6-5-2-1-3-7-4-5/h1-8,11-13,19-20H,9-10,14-15H2,(H2,26,27,32);1-6,9,14-15H,7-8,10-11,19H2;1-4H,6H2/t19-,20+;14-,15+;. The van der Waals surface area contributed by atoms with Gasteiger partial charge in [0.05, 0.1) is 42.0 Å². The molecule has 4 aliphatic rings. The predicted molar refractivity (Wildman–Crippen MR) is 247 cm³/mol. The Kier molecular flexibility index (Phi) is 11.4. The van der Waals surface area contributed by atoms with Gasteiger partial charge in [-0.3, -0.25) is 9.97 Å². The third-order valence-electron chi connectivity index (χ3n) is 11.6. The first-order chi connectivity index (χ1) is 31.4. The molecule has 0 saturated carbocycles. The molecule has 0 radical (unpaired) electrons. The molecule has 6 N–H and O–H groups in total. The molecule has 12 rings (SSSR count). The topological polar surface area (TPSA) is 204 Å². The van der Waals surface area contributed by atoms with Gasteiger partial charge in [0.1, 0.15) is 11.0 Å². The van der Waals surface area contributed by atoms with Crippen molar-refractivity contribution in [2.24, 2.45) is 0 Å². The molecule has 4 aliphatic heterocycles. The van der Waals surface area contributed by atoms with E-state index in [-0.39, 0.29) is 18.2 Å². The second-order valence-electron chi connectivity index (χ2n) is 16.2. The molecule has 4 bridgehead atoms. The van der Waals surface area contributed by atoms with Crippen LogP contribution in [0.3, 0.4) is 0 Å².